The minimum Gasteiger partial charge on any atom is -0.479 e. The van der Waals surface area contributed by atoms with Crippen molar-refractivity contribution in [2.45, 2.75) is 59.5 Å². The number of halogens is 1. The van der Waals surface area contributed by atoms with E-state index in [0.717, 1.165) is 19.3 Å². The van der Waals surface area contributed by atoms with Gasteiger partial charge in [0.15, 0.2) is 11.6 Å². The molecule has 1 atom stereocenters. The molecule has 0 spiro atoms. The van der Waals surface area contributed by atoms with E-state index in [2.05, 4.69) is 12.1 Å². The first-order valence-electron chi connectivity index (χ1n) is 9.45. The van der Waals surface area contributed by atoms with Crippen molar-refractivity contribution in [3.63, 3.8) is 0 Å². The van der Waals surface area contributed by atoms with Crippen LogP contribution < -0.4 is 4.74 Å². The Balaban J connectivity index is 2.85. The molecule has 9 heteroatoms. The van der Waals surface area contributed by atoms with Gasteiger partial charge in [-0.05, 0) is 51.5 Å². The van der Waals surface area contributed by atoms with Crippen LogP contribution >= 0.6 is 19.2 Å². The van der Waals surface area contributed by atoms with Gasteiger partial charge < -0.3 is 18.6 Å². The Kier molecular flexibility index (Phi) is 11.4. The molecule has 0 amide bonds. The maximum atomic E-state index is 13.0. The molecule has 0 fully saturated rings. The molecule has 1 unspecified atom stereocenters. The number of benzene rings is 1. The van der Waals surface area contributed by atoms with Crippen LogP contribution in [0.15, 0.2) is 29.4 Å². The zero-order valence-corrected chi connectivity index (χ0v) is 18.5. The van der Waals surface area contributed by atoms with E-state index in [0.29, 0.717) is 17.2 Å². The van der Waals surface area contributed by atoms with Gasteiger partial charge in [0.05, 0.1) is 13.2 Å². The lowest BCUT2D eigenvalue weighted by molar-refractivity contribution is -0.151. The average Bonchev–Trinajstić information content (AvgIpc) is 2.66. The van der Waals surface area contributed by atoms with Gasteiger partial charge in [-0.3, -0.25) is 4.57 Å². The molecule has 1 aromatic rings. The Morgan fingerprint density at radius 2 is 1.71 bits per heavy atom. The van der Waals surface area contributed by atoms with Crippen molar-refractivity contribution in [1.29, 1.82) is 0 Å². The van der Waals surface area contributed by atoms with Crippen LogP contribution in [0.1, 0.15) is 53.4 Å². The largest absolute Gasteiger partial charge is 0.479 e. The summed E-state index contributed by atoms with van der Waals surface area (Å²) in [4.78, 5) is 17.2. The van der Waals surface area contributed by atoms with Gasteiger partial charge in [0.1, 0.15) is 5.75 Å². The van der Waals surface area contributed by atoms with E-state index in [1.54, 1.807) is 38.1 Å². The van der Waals surface area contributed by atoms with E-state index in [1.165, 1.54) is 6.92 Å². The number of hydrogen-bond acceptors (Lipinski definition) is 7. The van der Waals surface area contributed by atoms with Crippen LogP contribution in [0.4, 0.5) is 0 Å². The molecule has 0 aliphatic carbocycles. The maximum Gasteiger partial charge on any atom is 0.378 e. The van der Waals surface area contributed by atoms with E-state index < -0.39 is 19.7 Å². The summed E-state index contributed by atoms with van der Waals surface area (Å²) >= 11 is 5.83. The lowest BCUT2D eigenvalue weighted by Gasteiger charge is -2.18. The lowest BCUT2D eigenvalue weighted by atomic mass is 10.2. The SMILES string of the molecule is CCCCCC(=NOC(=O)C(C)Oc1ccc(Cl)cc1)P(=O)(OCC)OCC. The predicted molar refractivity (Wildman–Crippen MR) is 110 cm³/mol. The van der Waals surface area contributed by atoms with Crippen LogP contribution in [0.25, 0.3) is 0 Å². The molecule has 1 rings (SSSR count). The summed E-state index contributed by atoms with van der Waals surface area (Å²) in [5.41, 5.74) is 0.108. The number of carbonyl (C=O) groups excluding carboxylic acids is 1. The monoisotopic (exact) mass is 433 g/mol. The molecule has 0 radical (unpaired) electrons. The summed E-state index contributed by atoms with van der Waals surface area (Å²) in [5, 5.41) is 4.40. The molecule has 0 heterocycles. The van der Waals surface area contributed by atoms with Crippen LogP contribution in [-0.2, 0) is 23.2 Å². The summed E-state index contributed by atoms with van der Waals surface area (Å²) < 4.78 is 29.2. The zero-order valence-electron chi connectivity index (χ0n) is 16.9. The van der Waals surface area contributed by atoms with E-state index in [9.17, 15) is 9.36 Å². The van der Waals surface area contributed by atoms with Gasteiger partial charge in [0.25, 0.3) is 0 Å². The molecule has 0 aliphatic heterocycles. The van der Waals surface area contributed by atoms with Crippen LogP contribution in [0.5, 0.6) is 5.75 Å². The van der Waals surface area contributed by atoms with Crippen LogP contribution in [0.2, 0.25) is 5.02 Å². The Morgan fingerprint density at radius 3 is 2.25 bits per heavy atom. The van der Waals surface area contributed by atoms with Gasteiger partial charge in [-0.25, -0.2) is 4.79 Å². The molecule has 0 bridgehead atoms. The predicted octanol–water partition coefficient (Wildman–Crippen LogP) is 5.81. The van der Waals surface area contributed by atoms with Gasteiger partial charge in [0, 0.05) is 11.4 Å². The summed E-state index contributed by atoms with van der Waals surface area (Å²) in [6.45, 7) is 7.39. The number of carbonyl (C=O) groups is 1. The van der Waals surface area contributed by atoms with Gasteiger partial charge in [-0.2, -0.15) is 0 Å². The summed E-state index contributed by atoms with van der Waals surface area (Å²) in [6.07, 6.45) is 2.06. The third-order valence-electron chi connectivity index (χ3n) is 3.62. The second-order valence-corrected chi connectivity index (χ2v) is 8.39. The molecule has 7 nitrogen and oxygen atoms in total. The van der Waals surface area contributed by atoms with Crippen LogP contribution in [0.3, 0.4) is 0 Å². The third kappa shape index (κ3) is 8.31. The van der Waals surface area contributed by atoms with Crippen molar-refractivity contribution in [2.24, 2.45) is 5.16 Å². The quantitative estimate of drug-likeness (QED) is 0.128. The zero-order chi connectivity index (χ0) is 21.0. The highest BCUT2D eigenvalue weighted by Gasteiger charge is 2.32. The summed E-state index contributed by atoms with van der Waals surface area (Å²) in [5.74, 6) is -0.252. The fraction of sp³-hybridized carbons (Fsp3) is 0.579. The topological polar surface area (TPSA) is 83.4 Å². The average molecular weight is 434 g/mol. The summed E-state index contributed by atoms with van der Waals surface area (Å²) in [6, 6.07) is 6.59. The lowest BCUT2D eigenvalue weighted by Crippen LogP contribution is -2.25. The first-order chi connectivity index (χ1) is 13.4. The Bertz CT molecular complexity index is 670. The molecule has 0 saturated carbocycles. The smallest absolute Gasteiger partial charge is 0.378 e. The molecular formula is C19H29ClNO6P. The minimum absolute atomic E-state index is 0.108. The fourth-order valence-corrected chi connectivity index (χ4v) is 3.98. The Morgan fingerprint density at radius 1 is 1.11 bits per heavy atom. The molecule has 1 aromatic carbocycles. The third-order valence-corrected chi connectivity index (χ3v) is 6.00. The van der Waals surface area contributed by atoms with Crippen LogP contribution in [0, 0.1) is 0 Å². The first kappa shape index (κ1) is 24.6. The molecule has 0 aliphatic rings. The highest BCUT2D eigenvalue weighted by molar-refractivity contribution is 7.72. The van der Waals surface area contributed by atoms with Crippen LogP contribution in [-0.4, -0.2) is 30.7 Å². The van der Waals surface area contributed by atoms with E-state index in [4.69, 9.17) is 30.2 Å². The second kappa shape index (κ2) is 12.9. The van der Waals surface area contributed by atoms with Gasteiger partial charge in [-0.1, -0.05) is 36.5 Å². The Hall–Kier alpha value is -1.40. The fourth-order valence-electron chi connectivity index (χ4n) is 2.23. The molecule has 158 valence electrons. The normalized spacial score (nSPS) is 13.2. The summed E-state index contributed by atoms with van der Waals surface area (Å²) in [7, 11) is -3.61. The molecule has 0 N–H and O–H groups in total. The highest BCUT2D eigenvalue weighted by Crippen LogP contribution is 2.51. The standard InChI is InChI=1S/C19H29ClNO6P/c1-5-8-9-10-18(28(23,24-6-2)25-7-3)21-27-19(22)15(4)26-17-13-11-16(20)12-14-17/h11-15H,5-10H2,1-4H3. The number of oxime groups is 1. The van der Waals surface area contributed by atoms with E-state index >= 15 is 0 Å². The first-order valence-corrected chi connectivity index (χ1v) is 11.4. The van der Waals surface area contributed by atoms with E-state index in [-0.39, 0.29) is 18.7 Å². The number of nitrogens with zero attached hydrogens (tertiary/aromatic N) is 1. The van der Waals surface area contributed by atoms with Gasteiger partial charge in [0.2, 0.25) is 0 Å². The number of unbranched alkanes of at least 4 members (excludes halogenated alkanes) is 2. The maximum absolute atomic E-state index is 13.0. The molecular weight excluding hydrogens is 405 g/mol. The van der Waals surface area contributed by atoms with E-state index in [1.807, 2.05) is 0 Å². The van der Waals surface area contributed by atoms with Crippen molar-refractivity contribution in [3.05, 3.63) is 29.3 Å². The second-order valence-electron chi connectivity index (χ2n) is 5.92. The van der Waals surface area contributed by atoms with Crippen molar-refractivity contribution in [2.75, 3.05) is 13.2 Å². The van der Waals surface area contributed by atoms with Gasteiger partial charge in [-0.15, -0.1) is 0 Å². The number of rotatable bonds is 13. The number of ether oxygens (including phenoxy) is 1. The molecule has 28 heavy (non-hydrogen) atoms. The molecule has 0 saturated heterocycles. The van der Waals surface area contributed by atoms with Crippen molar-refractivity contribution < 1.29 is 28.0 Å². The Labute approximate surface area is 171 Å². The van der Waals surface area contributed by atoms with Crippen molar-refractivity contribution in [3.8, 4) is 5.75 Å². The number of hydrogen-bond donors (Lipinski definition) is 0. The highest BCUT2D eigenvalue weighted by atomic mass is 35.5. The van der Waals surface area contributed by atoms with Crippen molar-refractivity contribution >= 4 is 30.6 Å². The molecule has 0 aromatic heterocycles. The minimum atomic E-state index is -3.61. The van der Waals surface area contributed by atoms with Gasteiger partial charge >= 0.3 is 13.6 Å². The van der Waals surface area contributed by atoms with Crippen molar-refractivity contribution in [1.82, 2.24) is 0 Å².